The van der Waals surface area contributed by atoms with Gasteiger partial charge in [-0.15, -0.1) is 0 Å². The van der Waals surface area contributed by atoms with E-state index in [0.717, 1.165) is 6.42 Å². The van der Waals surface area contributed by atoms with Gasteiger partial charge >= 0.3 is 5.97 Å². The van der Waals surface area contributed by atoms with Gasteiger partial charge in [0.15, 0.2) is 0 Å². The second kappa shape index (κ2) is 8.56. The molecular formula is C16H29NO3. The van der Waals surface area contributed by atoms with E-state index in [1.807, 2.05) is 13.8 Å². The Kier molecular flexibility index (Phi) is 8.88. The third-order valence-corrected chi connectivity index (χ3v) is 2.15. The highest BCUT2D eigenvalue weighted by Crippen LogP contribution is 2.26. The van der Waals surface area contributed by atoms with Crippen LogP contribution >= 0.6 is 0 Å². The topological polar surface area (TPSA) is 55.4 Å². The van der Waals surface area contributed by atoms with Crippen molar-refractivity contribution in [1.82, 2.24) is 5.32 Å². The first-order valence-corrected chi connectivity index (χ1v) is 6.53. The van der Waals surface area contributed by atoms with E-state index < -0.39 is 0 Å². The fourth-order valence-electron chi connectivity index (χ4n) is 1.93. The minimum absolute atomic E-state index is 0.103. The molecule has 0 aromatic heterocycles. The van der Waals surface area contributed by atoms with Crippen LogP contribution in [0.2, 0.25) is 0 Å². The second-order valence-electron chi connectivity index (χ2n) is 6.59. The van der Waals surface area contributed by atoms with Crippen LogP contribution in [0.4, 0.5) is 0 Å². The molecule has 0 atom stereocenters. The van der Waals surface area contributed by atoms with Crippen molar-refractivity contribution >= 4 is 11.9 Å². The van der Waals surface area contributed by atoms with Crippen LogP contribution in [0.15, 0.2) is 24.8 Å². The Labute approximate surface area is 123 Å². The van der Waals surface area contributed by atoms with Gasteiger partial charge in [0.05, 0.1) is 7.11 Å². The van der Waals surface area contributed by atoms with Crippen molar-refractivity contribution in [1.29, 1.82) is 0 Å². The monoisotopic (exact) mass is 283 g/mol. The Morgan fingerprint density at radius 2 is 1.65 bits per heavy atom. The summed E-state index contributed by atoms with van der Waals surface area (Å²) in [6.07, 6.45) is 2.25. The number of nitrogens with one attached hydrogen (secondary N) is 1. The van der Waals surface area contributed by atoms with Gasteiger partial charge in [-0.05, 0) is 38.7 Å². The molecule has 0 saturated carbocycles. The predicted octanol–water partition coefficient (Wildman–Crippen LogP) is 3.24. The van der Waals surface area contributed by atoms with E-state index in [-0.39, 0.29) is 22.8 Å². The molecule has 4 heteroatoms. The highest BCUT2D eigenvalue weighted by molar-refractivity contribution is 5.87. The molecule has 4 nitrogen and oxygen atoms in total. The summed E-state index contributed by atoms with van der Waals surface area (Å²) in [5.41, 5.74) is 0.490. The Morgan fingerprint density at radius 3 is 1.85 bits per heavy atom. The number of hydrogen-bond donors (Lipinski definition) is 1. The minimum atomic E-state index is -0.347. The second-order valence-corrected chi connectivity index (χ2v) is 6.59. The lowest BCUT2D eigenvalue weighted by atomic mass is 9.82. The summed E-state index contributed by atoms with van der Waals surface area (Å²) >= 11 is 0. The van der Waals surface area contributed by atoms with Crippen molar-refractivity contribution in [3.63, 3.8) is 0 Å². The van der Waals surface area contributed by atoms with Crippen molar-refractivity contribution in [3.8, 4) is 0 Å². The summed E-state index contributed by atoms with van der Waals surface area (Å²) in [6.45, 7) is 18.9. The molecule has 0 fully saturated rings. The first-order valence-electron chi connectivity index (χ1n) is 6.53. The van der Waals surface area contributed by atoms with Gasteiger partial charge in [0.2, 0.25) is 5.91 Å². The molecule has 0 rings (SSSR count). The Balaban J connectivity index is 0. The summed E-state index contributed by atoms with van der Waals surface area (Å²) in [4.78, 5) is 21.3. The Hall–Kier alpha value is -1.58. The number of hydrogen-bond acceptors (Lipinski definition) is 3. The van der Waals surface area contributed by atoms with Crippen molar-refractivity contribution in [2.24, 2.45) is 5.41 Å². The molecule has 20 heavy (non-hydrogen) atoms. The molecule has 0 aliphatic heterocycles. The third kappa shape index (κ3) is 12.9. The lowest BCUT2D eigenvalue weighted by Gasteiger charge is -2.32. The van der Waals surface area contributed by atoms with Gasteiger partial charge in [0, 0.05) is 11.1 Å². The molecule has 0 heterocycles. The Bertz CT molecular complexity index is 362. The number of carbonyl (C=O) groups is 2. The molecule has 1 N–H and O–H groups in total. The van der Waals surface area contributed by atoms with Gasteiger partial charge in [0.1, 0.15) is 0 Å². The van der Waals surface area contributed by atoms with Crippen LogP contribution in [0.1, 0.15) is 48.0 Å². The average molecular weight is 283 g/mol. The molecule has 0 bridgehead atoms. The zero-order valence-electron chi connectivity index (χ0n) is 13.9. The van der Waals surface area contributed by atoms with Crippen LogP contribution in [0.3, 0.4) is 0 Å². The number of ether oxygens (including phenoxy) is 1. The van der Waals surface area contributed by atoms with E-state index in [1.165, 1.54) is 13.2 Å². The third-order valence-electron chi connectivity index (χ3n) is 2.15. The Morgan fingerprint density at radius 1 is 1.20 bits per heavy atom. The van der Waals surface area contributed by atoms with Gasteiger partial charge in [-0.3, -0.25) is 4.79 Å². The molecule has 0 aromatic carbocycles. The SMILES string of the molecule is C=C(C)C(=O)OC.C=CC(=O)NC(C)(C)CC(C)(C)C. The lowest BCUT2D eigenvalue weighted by Crippen LogP contribution is -2.45. The van der Waals surface area contributed by atoms with E-state index >= 15 is 0 Å². The first-order chi connectivity index (χ1) is 8.84. The molecule has 0 spiro atoms. The molecule has 0 aliphatic rings. The first kappa shape index (κ1) is 20.7. The number of methoxy groups -OCH3 is 1. The predicted molar refractivity (Wildman–Crippen MR) is 83.3 cm³/mol. The van der Waals surface area contributed by atoms with Crippen LogP contribution in [0, 0.1) is 5.41 Å². The fraction of sp³-hybridized carbons (Fsp3) is 0.625. The van der Waals surface area contributed by atoms with Crippen LogP contribution in [-0.4, -0.2) is 24.5 Å². The molecule has 0 aromatic rings. The summed E-state index contributed by atoms with van der Waals surface area (Å²) in [6, 6.07) is 0. The van der Waals surface area contributed by atoms with Gasteiger partial charge in [-0.2, -0.15) is 0 Å². The molecule has 0 unspecified atom stereocenters. The lowest BCUT2D eigenvalue weighted by molar-refractivity contribution is -0.136. The zero-order chi connectivity index (χ0) is 16.6. The molecule has 0 aliphatic carbocycles. The van der Waals surface area contributed by atoms with Gasteiger partial charge in [0.25, 0.3) is 0 Å². The number of rotatable bonds is 4. The highest BCUT2D eigenvalue weighted by atomic mass is 16.5. The van der Waals surface area contributed by atoms with Gasteiger partial charge in [-0.1, -0.05) is 33.9 Å². The van der Waals surface area contributed by atoms with Crippen molar-refractivity contribution in [3.05, 3.63) is 24.8 Å². The standard InChI is InChI=1S/C11H21NO.C5H8O2/c1-7-9(13)12-11(5,6)8-10(2,3)4;1-4(2)5(6)7-3/h7H,1,8H2,2-6H3,(H,12,13);1H2,2-3H3. The van der Waals surface area contributed by atoms with E-state index in [0.29, 0.717) is 5.57 Å². The van der Waals surface area contributed by atoms with Gasteiger partial charge < -0.3 is 10.1 Å². The quantitative estimate of drug-likeness (QED) is 0.636. The maximum Gasteiger partial charge on any atom is 0.332 e. The highest BCUT2D eigenvalue weighted by Gasteiger charge is 2.25. The summed E-state index contributed by atoms with van der Waals surface area (Å²) < 4.78 is 4.27. The minimum Gasteiger partial charge on any atom is -0.466 e. The zero-order valence-corrected chi connectivity index (χ0v) is 13.9. The van der Waals surface area contributed by atoms with Crippen LogP contribution < -0.4 is 5.32 Å². The van der Waals surface area contributed by atoms with Crippen molar-refractivity contribution in [2.45, 2.75) is 53.5 Å². The summed E-state index contributed by atoms with van der Waals surface area (Å²) in [5.74, 6) is -0.450. The van der Waals surface area contributed by atoms with Crippen LogP contribution in [0.5, 0.6) is 0 Å². The van der Waals surface area contributed by atoms with E-state index in [4.69, 9.17) is 0 Å². The molecule has 1 amide bonds. The van der Waals surface area contributed by atoms with Crippen molar-refractivity contribution in [2.75, 3.05) is 7.11 Å². The smallest absolute Gasteiger partial charge is 0.332 e. The van der Waals surface area contributed by atoms with E-state index in [2.05, 4.69) is 44.0 Å². The van der Waals surface area contributed by atoms with Crippen molar-refractivity contribution < 1.29 is 14.3 Å². The van der Waals surface area contributed by atoms with Crippen LogP contribution in [0.25, 0.3) is 0 Å². The van der Waals surface area contributed by atoms with E-state index in [1.54, 1.807) is 6.92 Å². The number of carbonyl (C=O) groups excluding carboxylic acids is 2. The van der Waals surface area contributed by atoms with Gasteiger partial charge in [-0.25, -0.2) is 4.79 Å². The maximum absolute atomic E-state index is 11.1. The number of amides is 1. The van der Waals surface area contributed by atoms with Crippen LogP contribution in [-0.2, 0) is 14.3 Å². The molecule has 0 radical (unpaired) electrons. The molecular weight excluding hydrogens is 254 g/mol. The maximum atomic E-state index is 11.1. The number of esters is 1. The summed E-state index contributed by atoms with van der Waals surface area (Å²) in [7, 11) is 1.33. The largest absolute Gasteiger partial charge is 0.466 e. The normalized spacial score (nSPS) is 10.8. The molecule has 0 saturated heterocycles. The molecule has 116 valence electrons. The summed E-state index contributed by atoms with van der Waals surface area (Å²) in [5, 5.41) is 2.91. The fourth-order valence-corrected chi connectivity index (χ4v) is 1.93. The van der Waals surface area contributed by atoms with E-state index in [9.17, 15) is 9.59 Å². The average Bonchev–Trinajstić information content (AvgIpc) is 2.24.